The van der Waals surface area contributed by atoms with Gasteiger partial charge >= 0.3 is 0 Å². The van der Waals surface area contributed by atoms with Gasteiger partial charge in [-0.3, -0.25) is 0 Å². The van der Waals surface area contributed by atoms with E-state index in [1.165, 1.54) is 0 Å². The van der Waals surface area contributed by atoms with Gasteiger partial charge in [0.15, 0.2) is 0 Å². The molecule has 1 unspecified atom stereocenters. The lowest BCUT2D eigenvalue weighted by Gasteiger charge is -2.12. The predicted molar refractivity (Wildman–Crippen MR) is 79.7 cm³/mol. The van der Waals surface area contributed by atoms with Crippen molar-refractivity contribution < 1.29 is 4.21 Å². The molecule has 0 aliphatic heterocycles. The maximum atomic E-state index is 11.7. The minimum absolute atomic E-state index is 0.342. The van der Waals surface area contributed by atoms with Gasteiger partial charge < -0.3 is 0 Å². The van der Waals surface area contributed by atoms with Crippen LogP contribution in [0.2, 0.25) is 5.02 Å². The Bertz CT molecular complexity index is 440. The predicted octanol–water partition coefficient (Wildman–Crippen LogP) is 3.83. The minimum atomic E-state index is -1.24. The van der Waals surface area contributed by atoms with Gasteiger partial charge in [-0.1, -0.05) is 23.7 Å². The Morgan fingerprint density at radius 3 is 2.62 bits per heavy atom. The average molecular weight is 370 g/mol. The first-order valence-electron chi connectivity index (χ1n) is 4.72. The second kappa shape index (κ2) is 5.60. The molecule has 0 bridgehead atoms. The molecular weight excluding hydrogens is 357 g/mol. The highest BCUT2D eigenvalue weighted by Gasteiger charge is 2.18. The molecule has 0 aromatic heterocycles. The Labute approximate surface area is 117 Å². The summed E-state index contributed by atoms with van der Waals surface area (Å²) < 4.78 is 16.3. The second-order valence-corrected chi connectivity index (χ2v) is 7.71. The van der Waals surface area contributed by atoms with E-state index in [4.69, 9.17) is 11.6 Å². The standard InChI is InChI=1S/C11H13ClINOS/c1-11(2,3)16(15)14-7-8-5-4-6-9(13)10(8)12/h4-7H,1-3H3/b14-7+. The smallest absolute Gasteiger partial charge is 0.144 e. The summed E-state index contributed by atoms with van der Waals surface area (Å²) in [6.45, 7) is 5.66. The summed E-state index contributed by atoms with van der Waals surface area (Å²) in [5, 5.41) is 0.651. The Hall–Kier alpha value is 0.0600. The van der Waals surface area contributed by atoms with Crippen molar-refractivity contribution in [2.24, 2.45) is 4.40 Å². The molecular formula is C11H13ClINOS. The van der Waals surface area contributed by atoms with E-state index in [0.29, 0.717) is 5.02 Å². The third-order valence-corrected chi connectivity index (χ3v) is 4.78. The van der Waals surface area contributed by atoms with E-state index in [0.717, 1.165) is 9.13 Å². The van der Waals surface area contributed by atoms with Gasteiger partial charge in [0, 0.05) is 15.3 Å². The summed E-state index contributed by atoms with van der Waals surface area (Å²) in [5.41, 5.74) is 0.797. The highest BCUT2D eigenvalue weighted by molar-refractivity contribution is 14.1. The van der Waals surface area contributed by atoms with Crippen molar-refractivity contribution in [3.8, 4) is 0 Å². The first kappa shape index (κ1) is 14.1. The van der Waals surface area contributed by atoms with Crippen LogP contribution in [0.25, 0.3) is 0 Å². The molecule has 0 aliphatic carbocycles. The fraction of sp³-hybridized carbons (Fsp3) is 0.364. The van der Waals surface area contributed by atoms with Gasteiger partial charge in [-0.2, -0.15) is 4.40 Å². The molecule has 0 radical (unpaired) electrons. The number of halogens is 2. The zero-order valence-corrected chi connectivity index (χ0v) is 13.1. The maximum absolute atomic E-state index is 11.7. The summed E-state index contributed by atoms with van der Waals surface area (Å²) in [7, 11) is -1.24. The van der Waals surface area contributed by atoms with Crippen LogP contribution in [-0.4, -0.2) is 15.2 Å². The fourth-order valence-electron chi connectivity index (χ4n) is 0.883. The van der Waals surface area contributed by atoms with Crippen LogP contribution in [0, 0.1) is 3.57 Å². The van der Waals surface area contributed by atoms with Gasteiger partial charge in [0.2, 0.25) is 0 Å². The lowest BCUT2D eigenvalue weighted by atomic mass is 10.2. The summed E-state index contributed by atoms with van der Waals surface area (Å²) in [6, 6.07) is 5.67. The second-order valence-electron chi connectivity index (χ2n) is 4.24. The van der Waals surface area contributed by atoms with Crippen LogP contribution < -0.4 is 0 Å². The van der Waals surface area contributed by atoms with Gasteiger partial charge in [-0.25, -0.2) is 4.21 Å². The molecule has 88 valence electrons. The molecule has 5 heteroatoms. The zero-order chi connectivity index (χ0) is 12.3. The first-order valence-corrected chi connectivity index (χ1v) is 7.29. The van der Waals surface area contributed by atoms with Crippen LogP contribution in [0.4, 0.5) is 0 Å². The molecule has 1 aromatic carbocycles. The van der Waals surface area contributed by atoms with E-state index in [2.05, 4.69) is 27.0 Å². The van der Waals surface area contributed by atoms with Crippen LogP contribution in [0.3, 0.4) is 0 Å². The number of hydrogen-bond donors (Lipinski definition) is 0. The van der Waals surface area contributed by atoms with E-state index in [1.807, 2.05) is 39.0 Å². The Morgan fingerprint density at radius 2 is 2.06 bits per heavy atom. The van der Waals surface area contributed by atoms with Crippen LogP contribution in [-0.2, 0) is 11.0 Å². The fourth-order valence-corrected chi connectivity index (χ4v) is 2.10. The molecule has 1 atom stereocenters. The Balaban J connectivity index is 2.94. The largest absolute Gasteiger partial charge is 0.234 e. The average Bonchev–Trinajstić information content (AvgIpc) is 2.18. The third kappa shape index (κ3) is 3.82. The Kier molecular flexibility index (Phi) is 4.94. The topological polar surface area (TPSA) is 29.4 Å². The molecule has 0 spiro atoms. The van der Waals surface area contributed by atoms with Crippen molar-refractivity contribution in [1.29, 1.82) is 0 Å². The highest BCUT2D eigenvalue weighted by Crippen LogP contribution is 2.21. The molecule has 1 rings (SSSR count). The van der Waals surface area contributed by atoms with Gasteiger partial charge in [0.05, 0.1) is 9.77 Å². The molecule has 0 aliphatic rings. The van der Waals surface area contributed by atoms with E-state index in [-0.39, 0.29) is 4.75 Å². The maximum Gasteiger partial charge on any atom is 0.144 e. The molecule has 0 N–H and O–H groups in total. The first-order chi connectivity index (χ1) is 7.32. The van der Waals surface area contributed by atoms with Gasteiger partial charge in [-0.05, 0) is 49.4 Å². The van der Waals surface area contributed by atoms with E-state index in [9.17, 15) is 4.21 Å². The van der Waals surface area contributed by atoms with Gasteiger partial charge in [0.25, 0.3) is 0 Å². The van der Waals surface area contributed by atoms with E-state index >= 15 is 0 Å². The molecule has 16 heavy (non-hydrogen) atoms. The van der Waals surface area contributed by atoms with Crippen molar-refractivity contribution in [2.45, 2.75) is 25.5 Å². The third-order valence-electron chi connectivity index (χ3n) is 1.79. The molecule has 0 saturated carbocycles. The monoisotopic (exact) mass is 369 g/mol. The summed E-state index contributed by atoms with van der Waals surface area (Å²) in [6.07, 6.45) is 1.58. The van der Waals surface area contributed by atoms with Crippen LogP contribution in [0.15, 0.2) is 22.6 Å². The van der Waals surface area contributed by atoms with Crippen molar-refractivity contribution in [1.82, 2.24) is 0 Å². The Morgan fingerprint density at radius 1 is 1.44 bits per heavy atom. The SMILES string of the molecule is CC(C)(C)S(=O)/N=C/c1cccc(I)c1Cl. The van der Waals surface area contributed by atoms with Gasteiger partial charge in [0.1, 0.15) is 11.0 Å². The normalized spacial score (nSPS) is 14.3. The van der Waals surface area contributed by atoms with Crippen LogP contribution in [0.5, 0.6) is 0 Å². The van der Waals surface area contributed by atoms with Crippen molar-refractivity contribution in [2.75, 3.05) is 0 Å². The van der Waals surface area contributed by atoms with Crippen LogP contribution in [0.1, 0.15) is 26.3 Å². The lowest BCUT2D eigenvalue weighted by molar-refractivity contribution is 0.651. The van der Waals surface area contributed by atoms with E-state index < -0.39 is 11.0 Å². The molecule has 0 fully saturated rings. The molecule has 0 saturated heterocycles. The lowest BCUT2D eigenvalue weighted by Crippen LogP contribution is -2.19. The van der Waals surface area contributed by atoms with Crippen LogP contribution >= 0.6 is 34.2 Å². The van der Waals surface area contributed by atoms with Gasteiger partial charge in [-0.15, -0.1) is 0 Å². The summed E-state index contributed by atoms with van der Waals surface area (Å²) in [4.78, 5) is 0. The van der Waals surface area contributed by atoms with Crippen molar-refractivity contribution in [3.63, 3.8) is 0 Å². The van der Waals surface area contributed by atoms with Crippen molar-refractivity contribution in [3.05, 3.63) is 32.4 Å². The summed E-state index contributed by atoms with van der Waals surface area (Å²) in [5.74, 6) is 0. The molecule has 0 heterocycles. The quantitative estimate of drug-likeness (QED) is 0.575. The number of nitrogens with zero attached hydrogens (tertiary/aromatic N) is 1. The number of rotatable bonds is 2. The molecule has 1 aromatic rings. The van der Waals surface area contributed by atoms with E-state index in [1.54, 1.807) is 6.21 Å². The minimum Gasteiger partial charge on any atom is -0.234 e. The van der Waals surface area contributed by atoms with Crippen molar-refractivity contribution >= 4 is 51.4 Å². The number of benzene rings is 1. The summed E-state index contributed by atoms with van der Waals surface area (Å²) >= 11 is 8.25. The number of hydrogen-bond acceptors (Lipinski definition) is 1. The highest BCUT2D eigenvalue weighted by atomic mass is 127. The molecule has 2 nitrogen and oxygen atoms in total. The molecule has 0 amide bonds. The zero-order valence-electron chi connectivity index (χ0n) is 9.33.